The Balaban J connectivity index is 1.93. The van der Waals surface area contributed by atoms with Crippen LogP contribution < -0.4 is 5.32 Å². The van der Waals surface area contributed by atoms with Crippen molar-refractivity contribution in [3.05, 3.63) is 71.8 Å². The van der Waals surface area contributed by atoms with Gasteiger partial charge in [-0.15, -0.1) is 0 Å². The van der Waals surface area contributed by atoms with Crippen molar-refractivity contribution in [2.75, 3.05) is 0 Å². The summed E-state index contributed by atoms with van der Waals surface area (Å²) in [6, 6.07) is 17.3. The van der Waals surface area contributed by atoms with Gasteiger partial charge in [-0.1, -0.05) is 60.7 Å². The summed E-state index contributed by atoms with van der Waals surface area (Å²) in [5.41, 5.74) is 0.596. The highest BCUT2D eigenvalue weighted by Gasteiger charge is 2.38. The van der Waals surface area contributed by atoms with E-state index in [0.717, 1.165) is 11.1 Å². The average Bonchev–Trinajstić information content (AvgIpc) is 2.64. The largest absolute Gasteiger partial charge is 0.480 e. The number of amides is 1. The first kappa shape index (κ1) is 19.5. The molecule has 0 aromatic heterocycles. The minimum Gasteiger partial charge on any atom is -0.480 e. The Kier molecular flexibility index (Phi) is 6.74. The highest BCUT2D eigenvalue weighted by molar-refractivity contribution is 5.81. The zero-order valence-electron chi connectivity index (χ0n) is 14.8. The highest BCUT2D eigenvalue weighted by Crippen LogP contribution is 2.18. The molecule has 0 fully saturated rings. The minimum atomic E-state index is -1.26. The molecule has 6 nitrogen and oxygen atoms in total. The van der Waals surface area contributed by atoms with Crippen molar-refractivity contribution in [1.82, 2.24) is 5.32 Å². The molecule has 0 spiro atoms. The van der Waals surface area contributed by atoms with E-state index >= 15 is 0 Å². The molecule has 0 saturated carbocycles. The molecule has 0 heterocycles. The number of benzene rings is 2. The summed E-state index contributed by atoms with van der Waals surface area (Å²) >= 11 is 0. The number of rotatable bonds is 8. The lowest BCUT2D eigenvalue weighted by Crippen LogP contribution is -2.55. The van der Waals surface area contributed by atoms with Gasteiger partial charge in [-0.3, -0.25) is 0 Å². The van der Waals surface area contributed by atoms with Crippen LogP contribution in [0.2, 0.25) is 0 Å². The fourth-order valence-electron chi connectivity index (χ4n) is 2.34. The van der Waals surface area contributed by atoms with Crippen LogP contribution in [0.3, 0.4) is 0 Å². The van der Waals surface area contributed by atoms with E-state index in [2.05, 4.69) is 5.32 Å². The van der Waals surface area contributed by atoms with Gasteiger partial charge in [-0.25, -0.2) is 9.59 Å². The van der Waals surface area contributed by atoms with Gasteiger partial charge in [0, 0.05) is 0 Å². The molecule has 0 aliphatic heterocycles. The van der Waals surface area contributed by atoms with Crippen LogP contribution >= 0.6 is 0 Å². The minimum absolute atomic E-state index is 0.0598. The fourth-order valence-corrected chi connectivity index (χ4v) is 2.34. The molecule has 0 saturated heterocycles. The average molecular weight is 357 g/mol. The number of hydrogen-bond acceptors (Lipinski definition) is 4. The molecule has 1 unspecified atom stereocenters. The summed E-state index contributed by atoms with van der Waals surface area (Å²) in [4.78, 5) is 23.6. The van der Waals surface area contributed by atoms with Crippen molar-refractivity contribution in [3.8, 4) is 0 Å². The third-order valence-corrected chi connectivity index (χ3v) is 3.87. The molecule has 2 aromatic rings. The fraction of sp³-hybridized carbons (Fsp3) is 0.300. The third kappa shape index (κ3) is 5.89. The zero-order chi connectivity index (χ0) is 19.0. The molecule has 0 aliphatic rings. The van der Waals surface area contributed by atoms with Crippen LogP contribution in [0.4, 0.5) is 4.79 Å². The summed E-state index contributed by atoms with van der Waals surface area (Å²) in [6.45, 7) is 3.53. The van der Waals surface area contributed by atoms with E-state index in [1.165, 1.54) is 0 Å². The summed E-state index contributed by atoms with van der Waals surface area (Å²) in [5.74, 6) is -1.19. The second-order valence-corrected chi connectivity index (χ2v) is 6.36. The van der Waals surface area contributed by atoms with Crippen LogP contribution in [0.15, 0.2) is 60.7 Å². The molecule has 1 amide bonds. The number of aliphatic carboxylic acids is 1. The maximum Gasteiger partial charge on any atom is 0.408 e. The second-order valence-electron chi connectivity index (χ2n) is 6.36. The molecular weight excluding hydrogens is 334 g/mol. The van der Waals surface area contributed by atoms with Crippen molar-refractivity contribution < 1.29 is 24.2 Å². The van der Waals surface area contributed by atoms with Gasteiger partial charge in [0.2, 0.25) is 0 Å². The van der Waals surface area contributed by atoms with Crippen LogP contribution in [0.5, 0.6) is 0 Å². The van der Waals surface area contributed by atoms with Gasteiger partial charge in [-0.2, -0.15) is 0 Å². The van der Waals surface area contributed by atoms with Crippen LogP contribution in [0.25, 0.3) is 0 Å². The van der Waals surface area contributed by atoms with Crippen LogP contribution in [-0.2, 0) is 27.5 Å². The van der Waals surface area contributed by atoms with E-state index < -0.39 is 23.7 Å². The Labute approximate surface area is 152 Å². The van der Waals surface area contributed by atoms with E-state index in [0.29, 0.717) is 0 Å². The standard InChI is InChI=1S/C20H23NO5/c1-20(2,26-14-16-11-7-4-8-12-16)17(18(22)23)21-19(24)25-13-15-9-5-3-6-10-15/h3-12,17H,13-14H2,1-2H3,(H,21,24)(H,22,23). The smallest absolute Gasteiger partial charge is 0.408 e. The van der Waals surface area contributed by atoms with Gasteiger partial charge in [-0.05, 0) is 25.0 Å². The molecule has 2 N–H and O–H groups in total. The second kappa shape index (κ2) is 9.01. The Morgan fingerprint density at radius 1 is 0.962 bits per heavy atom. The van der Waals surface area contributed by atoms with Crippen molar-refractivity contribution in [3.63, 3.8) is 0 Å². The third-order valence-electron chi connectivity index (χ3n) is 3.87. The SMILES string of the molecule is CC(C)(OCc1ccccc1)C(NC(=O)OCc1ccccc1)C(=O)O. The van der Waals surface area contributed by atoms with Gasteiger partial charge in [0.25, 0.3) is 0 Å². The van der Waals surface area contributed by atoms with E-state index in [9.17, 15) is 14.7 Å². The van der Waals surface area contributed by atoms with Gasteiger partial charge >= 0.3 is 12.1 Å². The molecule has 2 aromatic carbocycles. The van der Waals surface area contributed by atoms with Crippen molar-refractivity contribution in [2.45, 2.75) is 38.7 Å². The van der Waals surface area contributed by atoms with Crippen molar-refractivity contribution in [1.29, 1.82) is 0 Å². The lowest BCUT2D eigenvalue weighted by molar-refractivity contribution is -0.149. The lowest BCUT2D eigenvalue weighted by atomic mass is 9.98. The molecular formula is C20H23NO5. The number of alkyl carbamates (subject to hydrolysis) is 1. The van der Waals surface area contributed by atoms with Gasteiger partial charge in [0.05, 0.1) is 12.2 Å². The number of nitrogens with one attached hydrogen (secondary N) is 1. The van der Waals surface area contributed by atoms with E-state index in [1.54, 1.807) is 13.8 Å². The zero-order valence-corrected chi connectivity index (χ0v) is 14.8. The first-order valence-electron chi connectivity index (χ1n) is 8.26. The predicted molar refractivity (Wildman–Crippen MR) is 96.5 cm³/mol. The molecule has 0 aliphatic carbocycles. The first-order valence-corrected chi connectivity index (χ1v) is 8.26. The number of carbonyl (C=O) groups excluding carboxylic acids is 1. The number of carboxylic acid groups (broad SMARTS) is 1. The number of ether oxygens (including phenoxy) is 2. The van der Waals surface area contributed by atoms with E-state index in [1.807, 2.05) is 60.7 Å². The molecule has 0 radical (unpaired) electrons. The predicted octanol–water partition coefficient (Wildman–Crippen LogP) is 3.36. The molecule has 0 bridgehead atoms. The summed E-state index contributed by atoms with van der Waals surface area (Å²) in [7, 11) is 0. The van der Waals surface area contributed by atoms with Gasteiger partial charge in [0.1, 0.15) is 6.61 Å². The Morgan fingerprint density at radius 2 is 1.46 bits per heavy atom. The Hall–Kier alpha value is -2.86. The van der Waals surface area contributed by atoms with Gasteiger partial charge in [0.15, 0.2) is 6.04 Å². The summed E-state index contributed by atoms with van der Waals surface area (Å²) in [5, 5.41) is 11.9. The maximum atomic E-state index is 12.0. The Morgan fingerprint density at radius 3 is 1.96 bits per heavy atom. The molecule has 1 atom stereocenters. The molecule has 26 heavy (non-hydrogen) atoms. The molecule has 138 valence electrons. The normalized spacial score (nSPS) is 12.2. The Bertz CT molecular complexity index is 715. The quantitative estimate of drug-likeness (QED) is 0.757. The van der Waals surface area contributed by atoms with Gasteiger partial charge < -0.3 is 19.9 Å². The number of hydrogen-bond donors (Lipinski definition) is 2. The summed E-state index contributed by atoms with van der Waals surface area (Å²) in [6.07, 6.45) is -0.808. The van der Waals surface area contributed by atoms with E-state index in [4.69, 9.17) is 9.47 Å². The van der Waals surface area contributed by atoms with Crippen LogP contribution in [0.1, 0.15) is 25.0 Å². The first-order chi connectivity index (χ1) is 12.4. The lowest BCUT2D eigenvalue weighted by Gasteiger charge is -2.31. The topological polar surface area (TPSA) is 84.9 Å². The van der Waals surface area contributed by atoms with Crippen molar-refractivity contribution in [2.24, 2.45) is 0 Å². The molecule has 6 heteroatoms. The maximum absolute atomic E-state index is 12.0. The number of carboxylic acids is 1. The van der Waals surface area contributed by atoms with Crippen molar-refractivity contribution >= 4 is 12.1 Å². The number of carbonyl (C=O) groups is 2. The van der Waals surface area contributed by atoms with Crippen LogP contribution in [-0.4, -0.2) is 28.8 Å². The van der Waals surface area contributed by atoms with Crippen LogP contribution in [0, 0.1) is 0 Å². The molecule has 2 rings (SSSR count). The highest BCUT2D eigenvalue weighted by atomic mass is 16.6. The summed E-state index contributed by atoms with van der Waals surface area (Å²) < 4.78 is 10.8. The monoisotopic (exact) mass is 357 g/mol. The van der Waals surface area contributed by atoms with E-state index in [-0.39, 0.29) is 13.2 Å².